The Hall–Kier alpha value is -2.18. The van der Waals surface area contributed by atoms with Crippen LogP contribution in [0.5, 0.6) is 11.5 Å². The van der Waals surface area contributed by atoms with E-state index < -0.39 is 16.8 Å². The Kier molecular flexibility index (Phi) is 4.40. The van der Waals surface area contributed by atoms with Crippen LogP contribution in [0.1, 0.15) is 18.6 Å². The summed E-state index contributed by atoms with van der Waals surface area (Å²) < 4.78 is 19.2. The zero-order valence-electron chi connectivity index (χ0n) is 10.9. The van der Waals surface area contributed by atoms with Gasteiger partial charge in [0.05, 0.1) is 21.6 Å². The summed E-state index contributed by atoms with van der Waals surface area (Å²) in [6, 6.07) is 8.00. The number of hydrogen-bond donors (Lipinski definition) is 1. The molecule has 0 bridgehead atoms. The molecule has 0 saturated heterocycles. The number of nitro benzene ring substituents is 1. The lowest BCUT2D eigenvalue weighted by Crippen LogP contribution is -2.01. The van der Waals surface area contributed by atoms with E-state index in [-0.39, 0.29) is 27.8 Å². The molecule has 1 atom stereocenters. The first-order valence-corrected chi connectivity index (χ1v) is 6.37. The van der Waals surface area contributed by atoms with Gasteiger partial charge in [-0.15, -0.1) is 0 Å². The average molecular weight is 312 g/mol. The summed E-state index contributed by atoms with van der Waals surface area (Å²) >= 11 is 5.91. The van der Waals surface area contributed by atoms with Gasteiger partial charge in [-0.25, -0.2) is 4.39 Å². The van der Waals surface area contributed by atoms with E-state index in [0.717, 1.165) is 6.07 Å². The van der Waals surface area contributed by atoms with Gasteiger partial charge in [-0.2, -0.15) is 0 Å². The molecule has 21 heavy (non-hydrogen) atoms. The number of nitrogens with zero attached hydrogens (tertiary/aromatic N) is 1. The molecule has 0 spiro atoms. The van der Waals surface area contributed by atoms with E-state index in [2.05, 4.69) is 0 Å². The van der Waals surface area contributed by atoms with Crippen LogP contribution in [-0.2, 0) is 0 Å². The Morgan fingerprint density at radius 3 is 2.62 bits per heavy atom. The van der Waals surface area contributed by atoms with Gasteiger partial charge >= 0.3 is 5.69 Å². The quantitative estimate of drug-likeness (QED) is 0.677. The molecule has 0 unspecified atom stereocenters. The molecule has 0 aliphatic rings. The van der Waals surface area contributed by atoms with Gasteiger partial charge in [0.1, 0.15) is 11.6 Å². The van der Waals surface area contributed by atoms with E-state index in [4.69, 9.17) is 16.3 Å². The molecule has 0 heterocycles. The molecule has 0 aliphatic carbocycles. The summed E-state index contributed by atoms with van der Waals surface area (Å²) in [7, 11) is 0. The predicted octanol–water partition coefficient (Wildman–Crippen LogP) is 4.23. The molecular formula is C14H11ClFNO4. The molecular weight excluding hydrogens is 301 g/mol. The van der Waals surface area contributed by atoms with Crippen LogP contribution in [0.3, 0.4) is 0 Å². The summed E-state index contributed by atoms with van der Waals surface area (Å²) in [6.45, 7) is 1.37. The zero-order chi connectivity index (χ0) is 15.6. The maximum Gasteiger partial charge on any atom is 0.313 e. The number of ether oxygens (including phenoxy) is 1. The van der Waals surface area contributed by atoms with E-state index in [1.807, 2.05) is 0 Å². The van der Waals surface area contributed by atoms with Crippen molar-refractivity contribution in [3.63, 3.8) is 0 Å². The zero-order valence-corrected chi connectivity index (χ0v) is 11.7. The minimum atomic E-state index is -1.14. The van der Waals surface area contributed by atoms with E-state index in [9.17, 15) is 19.6 Å². The minimum Gasteiger partial charge on any atom is -0.448 e. The lowest BCUT2D eigenvalue weighted by Gasteiger charge is -2.14. The second kappa shape index (κ2) is 6.07. The standard InChI is InChI=1S/C14H11ClFNO4/c1-8(18)13-10(16)5-3-7-12(13)21-14-9(15)4-2-6-11(14)17(19)20/h2-8,18H,1H3/t8-/m1/s1. The number of para-hydroxylation sites is 1. The summed E-state index contributed by atoms with van der Waals surface area (Å²) in [6.07, 6.45) is -1.14. The SMILES string of the molecule is C[C@@H](O)c1c(F)cccc1Oc1c(Cl)cccc1[N+](=O)[O-]. The number of rotatable bonds is 4. The van der Waals surface area contributed by atoms with Crippen LogP contribution in [0.15, 0.2) is 36.4 Å². The smallest absolute Gasteiger partial charge is 0.313 e. The van der Waals surface area contributed by atoms with Crippen molar-refractivity contribution in [2.24, 2.45) is 0 Å². The highest BCUT2D eigenvalue weighted by molar-refractivity contribution is 6.32. The van der Waals surface area contributed by atoms with Gasteiger partial charge in [-0.1, -0.05) is 23.7 Å². The normalized spacial score (nSPS) is 12.0. The van der Waals surface area contributed by atoms with Crippen LogP contribution < -0.4 is 4.74 Å². The first-order chi connectivity index (χ1) is 9.91. The maximum absolute atomic E-state index is 13.8. The molecule has 2 aromatic carbocycles. The fourth-order valence-corrected chi connectivity index (χ4v) is 2.07. The third-order valence-electron chi connectivity index (χ3n) is 2.79. The molecule has 0 fully saturated rings. The van der Waals surface area contributed by atoms with Gasteiger partial charge < -0.3 is 9.84 Å². The highest BCUT2D eigenvalue weighted by atomic mass is 35.5. The molecule has 2 rings (SSSR count). The summed E-state index contributed by atoms with van der Waals surface area (Å²) in [5, 5.41) is 20.6. The maximum atomic E-state index is 13.8. The van der Waals surface area contributed by atoms with E-state index in [1.54, 1.807) is 0 Å². The molecule has 0 saturated carbocycles. The topological polar surface area (TPSA) is 72.6 Å². The molecule has 0 aliphatic heterocycles. The van der Waals surface area contributed by atoms with Crippen LogP contribution in [0.2, 0.25) is 5.02 Å². The Labute approximate surface area is 124 Å². The monoisotopic (exact) mass is 311 g/mol. The van der Waals surface area contributed by atoms with Crippen molar-refractivity contribution in [3.05, 3.63) is 62.9 Å². The summed E-state index contributed by atoms with van der Waals surface area (Å²) in [5.74, 6) is -0.893. The average Bonchev–Trinajstić information content (AvgIpc) is 2.40. The van der Waals surface area contributed by atoms with Crippen LogP contribution in [0.25, 0.3) is 0 Å². The molecule has 110 valence electrons. The second-order valence-electron chi connectivity index (χ2n) is 4.27. The van der Waals surface area contributed by atoms with Crippen molar-refractivity contribution in [1.82, 2.24) is 0 Å². The van der Waals surface area contributed by atoms with Crippen molar-refractivity contribution in [1.29, 1.82) is 0 Å². The molecule has 1 N–H and O–H groups in total. The lowest BCUT2D eigenvalue weighted by atomic mass is 10.1. The minimum absolute atomic E-state index is 0.0185. The lowest BCUT2D eigenvalue weighted by molar-refractivity contribution is -0.385. The van der Waals surface area contributed by atoms with Crippen LogP contribution in [0.4, 0.5) is 10.1 Å². The number of aliphatic hydroxyl groups is 1. The first-order valence-electron chi connectivity index (χ1n) is 5.99. The molecule has 0 radical (unpaired) electrons. The van der Waals surface area contributed by atoms with Gasteiger partial charge in [-0.05, 0) is 25.1 Å². The Bertz CT molecular complexity index is 691. The third-order valence-corrected chi connectivity index (χ3v) is 3.08. The molecule has 2 aromatic rings. The molecule has 0 aromatic heterocycles. The number of halogens is 2. The van der Waals surface area contributed by atoms with Gasteiger partial charge in [0.25, 0.3) is 0 Å². The fraction of sp³-hybridized carbons (Fsp3) is 0.143. The third kappa shape index (κ3) is 3.12. The van der Waals surface area contributed by atoms with Gasteiger partial charge in [0.2, 0.25) is 5.75 Å². The van der Waals surface area contributed by atoms with Crippen molar-refractivity contribution < 1.29 is 19.2 Å². The van der Waals surface area contributed by atoms with E-state index in [0.29, 0.717) is 0 Å². The van der Waals surface area contributed by atoms with Crippen molar-refractivity contribution in [2.75, 3.05) is 0 Å². The van der Waals surface area contributed by atoms with Crippen molar-refractivity contribution >= 4 is 17.3 Å². The first kappa shape index (κ1) is 15.2. The number of benzene rings is 2. The van der Waals surface area contributed by atoms with Crippen LogP contribution in [-0.4, -0.2) is 10.0 Å². The number of nitro groups is 1. The van der Waals surface area contributed by atoms with Crippen molar-refractivity contribution in [2.45, 2.75) is 13.0 Å². The van der Waals surface area contributed by atoms with Gasteiger partial charge in [0.15, 0.2) is 0 Å². The highest BCUT2D eigenvalue weighted by Gasteiger charge is 2.22. The van der Waals surface area contributed by atoms with Gasteiger partial charge in [-0.3, -0.25) is 10.1 Å². The fourth-order valence-electron chi connectivity index (χ4n) is 1.86. The highest BCUT2D eigenvalue weighted by Crippen LogP contribution is 2.40. The number of aliphatic hydroxyl groups excluding tert-OH is 1. The Morgan fingerprint density at radius 1 is 1.33 bits per heavy atom. The predicted molar refractivity (Wildman–Crippen MR) is 75.2 cm³/mol. The summed E-state index contributed by atoms with van der Waals surface area (Å²) in [4.78, 5) is 10.3. The Balaban J connectivity index is 2.54. The van der Waals surface area contributed by atoms with E-state index >= 15 is 0 Å². The largest absolute Gasteiger partial charge is 0.448 e. The van der Waals surface area contributed by atoms with Crippen molar-refractivity contribution in [3.8, 4) is 11.5 Å². The van der Waals surface area contributed by atoms with Crippen LogP contribution in [0, 0.1) is 15.9 Å². The van der Waals surface area contributed by atoms with Crippen LogP contribution >= 0.6 is 11.6 Å². The van der Waals surface area contributed by atoms with Gasteiger partial charge in [0, 0.05) is 6.07 Å². The molecule has 7 heteroatoms. The van der Waals surface area contributed by atoms with E-state index in [1.165, 1.54) is 37.3 Å². The summed E-state index contributed by atoms with van der Waals surface area (Å²) in [5.41, 5.74) is -0.435. The molecule has 5 nitrogen and oxygen atoms in total. The second-order valence-corrected chi connectivity index (χ2v) is 4.68. The number of hydrogen-bond acceptors (Lipinski definition) is 4. The Morgan fingerprint density at radius 2 is 2.00 bits per heavy atom. The molecule has 0 amide bonds.